The van der Waals surface area contributed by atoms with Crippen molar-refractivity contribution in [3.8, 4) is 0 Å². The molecule has 1 aliphatic heterocycles. The summed E-state index contributed by atoms with van der Waals surface area (Å²) >= 11 is 0. The second kappa shape index (κ2) is 13.3. The van der Waals surface area contributed by atoms with Crippen molar-refractivity contribution >= 4 is 10.1 Å². The molecule has 0 aromatic heterocycles. The Hall–Kier alpha value is -0.130. The van der Waals surface area contributed by atoms with Gasteiger partial charge in [-0.1, -0.05) is 58.8 Å². The Bertz CT molecular complexity index is 336. The van der Waals surface area contributed by atoms with Gasteiger partial charge in [0.15, 0.2) is 0 Å². The summed E-state index contributed by atoms with van der Waals surface area (Å²) in [5.41, 5.74) is 0. The van der Waals surface area contributed by atoms with E-state index in [1.54, 1.807) is 0 Å². The molecule has 1 fully saturated rings. The minimum atomic E-state index is -3.67. The minimum Gasteiger partial charge on any atom is -0.303 e. The van der Waals surface area contributed by atoms with Gasteiger partial charge in [-0.2, -0.15) is 8.42 Å². The van der Waals surface area contributed by atoms with Gasteiger partial charge < -0.3 is 4.90 Å². The van der Waals surface area contributed by atoms with Crippen LogP contribution in [0, 0.1) is 5.92 Å². The average molecular weight is 336 g/mol. The SMILES string of the molecule is CCCCCCCCCN1CCCC(CC)C1.CS(=O)(=O)O. The van der Waals surface area contributed by atoms with Crippen molar-refractivity contribution < 1.29 is 13.0 Å². The van der Waals surface area contributed by atoms with Crippen LogP contribution in [0.3, 0.4) is 0 Å². The third kappa shape index (κ3) is 16.2. The minimum absolute atomic E-state index is 0.715. The lowest BCUT2D eigenvalue weighted by Gasteiger charge is -2.32. The van der Waals surface area contributed by atoms with Crippen LogP contribution in [-0.2, 0) is 10.1 Å². The smallest absolute Gasteiger partial charge is 0.261 e. The standard InChI is InChI=1S/C16H33N.CH4O3S/c1-3-5-6-7-8-9-10-13-17-14-11-12-16(4-2)15-17;1-5(2,3)4/h16H,3-15H2,1-2H3;1H3,(H,2,3,4). The van der Waals surface area contributed by atoms with Crippen LogP contribution in [0.15, 0.2) is 0 Å². The lowest BCUT2D eigenvalue weighted by molar-refractivity contribution is 0.169. The summed E-state index contributed by atoms with van der Waals surface area (Å²) in [5.74, 6) is 0.994. The third-order valence-corrected chi connectivity index (χ3v) is 4.26. The predicted octanol–water partition coefficient (Wildman–Crippen LogP) is 4.36. The van der Waals surface area contributed by atoms with Crippen molar-refractivity contribution in [1.29, 1.82) is 0 Å². The molecule has 1 aliphatic rings. The Balaban J connectivity index is 0.000000763. The second-order valence-electron chi connectivity index (χ2n) is 6.57. The number of likely N-dealkylation sites (tertiary alicyclic amines) is 1. The van der Waals surface area contributed by atoms with Crippen LogP contribution in [0.2, 0.25) is 0 Å². The Labute approximate surface area is 138 Å². The molecule has 1 saturated heterocycles. The van der Waals surface area contributed by atoms with E-state index in [1.807, 2.05) is 0 Å². The molecule has 0 aliphatic carbocycles. The van der Waals surface area contributed by atoms with E-state index < -0.39 is 10.1 Å². The molecule has 1 heterocycles. The van der Waals surface area contributed by atoms with Crippen LogP contribution in [0.4, 0.5) is 0 Å². The van der Waals surface area contributed by atoms with Gasteiger partial charge in [0.05, 0.1) is 6.26 Å². The van der Waals surface area contributed by atoms with Crippen molar-refractivity contribution in [2.24, 2.45) is 5.92 Å². The molecule has 0 saturated carbocycles. The molecule has 134 valence electrons. The van der Waals surface area contributed by atoms with Gasteiger partial charge in [0.2, 0.25) is 0 Å². The van der Waals surface area contributed by atoms with Crippen LogP contribution < -0.4 is 0 Å². The van der Waals surface area contributed by atoms with E-state index in [4.69, 9.17) is 4.55 Å². The zero-order chi connectivity index (χ0) is 16.8. The highest BCUT2D eigenvalue weighted by atomic mass is 32.2. The van der Waals surface area contributed by atoms with E-state index in [0.29, 0.717) is 6.26 Å². The molecular formula is C17H37NO3S. The zero-order valence-electron chi connectivity index (χ0n) is 14.9. The number of hydrogen-bond acceptors (Lipinski definition) is 3. The summed E-state index contributed by atoms with van der Waals surface area (Å²) in [6.07, 6.45) is 15.1. The normalized spacial score (nSPS) is 19.5. The van der Waals surface area contributed by atoms with Gasteiger partial charge >= 0.3 is 0 Å². The van der Waals surface area contributed by atoms with Gasteiger partial charge in [0.1, 0.15) is 0 Å². The number of rotatable bonds is 9. The van der Waals surface area contributed by atoms with E-state index >= 15 is 0 Å². The molecule has 0 spiro atoms. The predicted molar refractivity (Wildman–Crippen MR) is 94.9 cm³/mol. The first kappa shape index (κ1) is 21.9. The summed E-state index contributed by atoms with van der Waals surface area (Å²) in [7, 11) is -3.67. The molecule has 0 aromatic rings. The van der Waals surface area contributed by atoms with Crippen molar-refractivity contribution in [2.75, 3.05) is 25.9 Å². The summed E-state index contributed by atoms with van der Waals surface area (Å²) < 4.78 is 25.9. The lowest BCUT2D eigenvalue weighted by atomic mass is 9.95. The third-order valence-electron chi connectivity index (χ3n) is 4.26. The van der Waals surface area contributed by atoms with Gasteiger partial charge in [-0.3, -0.25) is 4.55 Å². The van der Waals surface area contributed by atoms with Crippen LogP contribution in [0.5, 0.6) is 0 Å². The fourth-order valence-corrected chi connectivity index (χ4v) is 2.98. The van der Waals surface area contributed by atoms with Crippen LogP contribution in [0.1, 0.15) is 78.1 Å². The van der Waals surface area contributed by atoms with Crippen LogP contribution in [-0.4, -0.2) is 43.8 Å². The largest absolute Gasteiger partial charge is 0.303 e. The molecule has 22 heavy (non-hydrogen) atoms. The molecule has 1 unspecified atom stereocenters. The molecule has 0 amide bonds. The highest BCUT2D eigenvalue weighted by molar-refractivity contribution is 7.85. The maximum absolute atomic E-state index is 9.19. The number of piperidine rings is 1. The number of nitrogens with zero attached hydrogens (tertiary/aromatic N) is 1. The summed E-state index contributed by atoms with van der Waals surface area (Å²) in [4.78, 5) is 2.71. The Morgan fingerprint density at radius 1 is 1.05 bits per heavy atom. The van der Waals surface area contributed by atoms with Gasteiger partial charge in [-0.15, -0.1) is 0 Å². The maximum Gasteiger partial charge on any atom is 0.261 e. The summed E-state index contributed by atoms with van der Waals surface area (Å²) in [6, 6.07) is 0. The molecular weight excluding hydrogens is 298 g/mol. The molecule has 1 rings (SSSR count). The van der Waals surface area contributed by atoms with Gasteiger partial charge in [0, 0.05) is 6.54 Å². The van der Waals surface area contributed by atoms with Gasteiger partial charge in [-0.05, 0) is 38.3 Å². The molecule has 4 nitrogen and oxygen atoms in total. The van der Waals surface area contributed by atoms with Crippen molar-refractivity contribution in [1.82, 2.24) is 4.90 Å². The summed E-state index contributed by atoms with van der Waals surface area (Å²) in [6.45, 7) is 8.76. The second-order valence-corrected chi connectivity index (χ2v) is 8.04. The fourth-order valence-electron chi connectivity index (χ4n) is 2.98. The highest BCUT2D eigenvalue weighted by Crippen LogP contribution is 2.19. The van der Waals surface area contributed by atoms with Crippen molar-refractivity contribution in [2.45, 2.75) is 78.1 Å². The maximum atomic E-state index is 9.19. The average Bonchev–Trinajstić information content (AvgIpc) is 2.45. The number of hydrogen-bond donors (Lipinski definition) is 1. The van der Waals surface area contributed by atoms with E-state index in [2.05, 4.69) is 18.7 Å². The molecule has 0 radical (unpaired) electrons. The Morgan fingerprint density at radius 2 is 1.59 bits per heavy atom. The van der Waals surface area contributed by atoms with Gasteiger partial charge in [-0.25, -0.2) is 0 Å². The zero-order valence-corrected chi connectivity index (χ0v) is 15.7. The Morgan fingerprint density at radius 3 is 2.14 bits per heavy atom. The molecule has 1 atom stereocenters. The van der Waals surface area contributed by atoms with Crippen LogP contribution >= 0.6 is 0 Å². The molecule has 0 aromatic carbocycles. The van der Waals surface area contributed by atoms with E-state index in [9.17, 15) is 8.42 Å². The van der Waals surface area contributed by atoms with Gasteiger partial charge in [0.25, 0.3) is 10.1 Å². The summed E-state index contributed by atoms with van der Waals surface area (Å²) in [5, 5.41) is 0. The molecule has 5 heteroatoms. The lowest BCUT2D eigenvalue weighted by Crippen LogP contribution is -2.35. The Kier molecular flexibility index (Phi) is 13.2. The van der Waals surface area contributed by atoms with Crippen LogP contribution in [0.25, 0.3) is 0 Å². The first-order valence-corrected chi connectivity index (χ1v) is 10.9. The molecule has 1 N–H and O–H groups in total. The van der Waals surface area contributed by atoms with Crippen molar-refractivity contribution in [3.05, 3.63) is 0 Å². The van der Waals surface area contributed by atoms with E-state index in [1.165, 1.54) is 83.8 Å². The quantitative estimate of drug-likeness (QED) is 0.502. The van der Waals surface area contributed by atoms with E-state index in [0.717, 1.165) is 5.92 Å². The molecule has 0 bridgehead atoms. The number of unbranched alkanes of at least 4 members (excludes halogenated alkanes) is 6. The topological polar surface area (TPSA) is 57.6 Å². The first-order valence-electron chi connectivity index (χ1n) is 9.01. The van der Waals surface area contributed by atoms with Crippen molar-refractivity contribution in [3.63, 3.8) is 0 Å². The monoisotopic (exact) mass is 335 g/mol. The first-order chi connectivity index (χ1) is 10.4. The highest BCUT2D eigenvalue weighted by Gasteiger charge is 2.17. The van der Waals surface area contributed by atoms with E-state index in [-0.39, 0.29) is 0 Å². The fraction of sp³-hybridized carbons (Fsp3) is 1.00.